The van der Waals surface area contributed by atoms with E-state index in [1.807, 2.05) is 6.07 Å². The summed E-state index contributed by atoms with van der Waals surface area (Å²) in [7, 11) is -1.00. The Balaban J connectivity index is 0.000000199. The first-order valence-electron chi connectivity index (χ1n) is 13.3. The molecule has 0 fully saturated rings. The lowest BCUT2D eigenvalue weighted by molar-refractivity contribution is -0.0316. The molecule has 0 radical (unpaired) electrons. The van der Waals surface area contributed by atoms with Crippen LogP contribution in [0.5, 0.6) is 23.0 Å². The van der Waals surface area contributed by atoms with E-state index < -0.39 is 12.7 Å². The van der Waals surface area contributed by atoms with E-state index in [0.29, 0.717) is 55.0 Å². The summed E-state index contributed by atoms with van der Waals surface area (Å²) in [5.41, 5.74) is -1.41. The number of aliphatic imine (C=N–C) groups is 1. The van der Waals surface area contributed by atoms with Crippen LogP contribution in [0.2, 0.25) is 30.1 Å². The summed E-state index contributed by atoms with van der Waals surface area (Å²) in [4.78, 5) is 4.72. The van der Waals surface area contributed by atoms with Crippen molar-refractivity contribution in [2.45, 2.75) is 18.3 Å². The van der Waals surface area contributed by atoms with E-state index in [9.17, 15) is 17.6 Å². The molecule has 0 aliphatic carbocycles. The summed E-state index contributed by atoms with van der Waals surface area (Å²) in [6.45, 7) is 0. The summed E-state index contributed by atoms with van der Waals surface area (Å²) >= 11 is 41.3. The van der Waals surface area contributed by atoms with Gasteiger partial charge in [0.2, 0.25) is 0 Å². The first-order chi connectivity index (χ1) is 22.2. The third-order valence-electron chi connectivity index (χ3n) is 6.01. The van der Waals surface area contributed by atoms with Crippen molar-refractivity contribution in [3.63, 3.8) is 0 Å². The maximum Gasteiger partial charge on any atom is 0.447 e. The van der Waals surface area contributed by atoms with Crippen molar-refractivity contribution < 1.29 is 28.4 Å². The second kappa shape index (κ2) is 15.8. The lowest BCUT2D eigenvalue weighted by atomic mass is 10.1. The Bertz CT molecular complexity index is 1850. The number of hydrogen-bond acceptors (Lipinski definition) is 5. The third-order valence-corrected chi connectivity index (χ3v) is 9.15. The van der Waals surface area contributed by atoms with Gasteiger partial charge in [-0.25, -0.2) is 4.99 Å². The standard InChI is InChI=1S/C15H7Cl3F3NOS.C14H8Cl3NOS.CH3F/c16-8-2-1-3-11(14(8)18)23-12-4-7-5-13(24-15(19,20)21)22-10(7)6-9(12)17;15-8-2-1-3-11(14(8)17)19-12-4-7-5-13(20)18-10(7)6-9(12)16;1-2/h1-4,6H,5H2;1-4,6H,5H2,(H,18,20);1H3/i;;1D. The summed E-state index contributed by atoms with van der Waals surface area (Å²) in [6, 6.07) is 16.8. The van der Waals surface area contributed by atoms with Gasteiger partial charge in [0.15, 0.2) is 0 Å². The van der Waals surface area contributed by atoms with Gasteiger partial charge in [0.05, 0.1) is 44.3 Å². The number of alkyl halides is 4. The molecule has 4 aromatic carbocycles. The highest BCUT2D eigenvalue weighted by molar-refractivity contribution is 8.14. The molecule has 0 aromatic heterocycles. The molecule has 0 bridgehead atoms. The Hall–Kier alpha value is -2.15. The van der Waals surface area contributed by atoms with Gasteiger partial charge in [-0.2, -0.15) is 13.2 Å². The molecule has 2 aliphatic rings. The minimum Gasteiger partial charge on any atom is -0.454 e. The van der Waals surface area contributed by atoms with Crippen LogP contribution in [0.4, 0.5) is 28.9 Å². The van der Waals surface area contributed by atoms with Gasteiger partial charge in [0.25, 0.3) is 0 Å². The van der Waals surface area contributed by atoms with Crippen LogP contribution in [0.15, 0.2) is 65.7 Å². The van der Waals surface area contributed by atoms with Crippen molar-refractivity contribution in [3.05, 3.63) is 102 Å². The zero-order chi connectivity index (χ0) is 34.5. The number of benzene rings is 4. The van der Waals surface area contributed by atoms with Gasteiger partial charge in [0.1, 0.15) is 33.0 Å². The molecular formula is C30H18Cl6F4N2O2S2. The van der Waals surface area contributed by atoms with Crippen molar-refractivity contribution in [3.8, 4) is 23.0 Å². The molecule has 0 saturated heterocycles. The highest BCUT2D eigenvalue weighted by Crippen LogP contribution is 2.44. The Morgan fingerprint density at radius 2 is 1.30 bits per heavy atom. The lowest BCUT2D eigenvalue weighted by Crippen LogP contribution is -2.06. The van der Waals surface area contributed by atoms with Crippen LogP contribution >= 0.6 is 93.6 Å². The van der Waals surface area contributed by atoms with E-state index in [1.54, 1.807) is 48.5 Å². The molecule has 0 spiro atoms. The fourth-order valence-electron chi connectivity index (χ4n) is 4.10. The highest BCUT2D eigenvalue weighted by atomic mass is 35.5. The number of hydrogen-bond donors (Lipinski definition) is 1. The molecule has 4 nitrogen and oxygen atoms in total. The molecule has 2 aliphatic heterocycles. The second-order valence-corrected chi connectivity index (χ2v) is 13.1. The summed E-state index contributed by atoms with van der Waals surface area (Å²) in [5, 5.41) is 5.09. The van der Waals surface area contributed by atoms with Gasteiger partial charge in [-0.1, -0.05) is 94.0 Å². The van der Waals surface area contributed by atoms with Gasteiger partial charge in [-0.05, 0) is 59.7 Å². The molecular weight excluding hydrogens is 773 g/mol. The number of nitrogens with zero attached hydrogens (tertiary/aromatic N) is 1. The molecule has 0 atom stereocenters. The highest BCUT2D eigenvalue weighted by Gasteiger charge is 2.33. The number of anilines is 1. The molecule has 16 heteroatoms. The number of halogens is 10. The van der Waals surface area contributed by atoms with Crippen LogP contribution in [-0.4, -0.2) is 22.7 Å². The third kappa shape index (κ3) is 9.26. The largest absolute Gasteiger partial charge is 0.454 e. The molecule has 242 valence electrons. The van der Waals surface area contributed by atoms with E-state index in [2.05, 4.69) is 10.3 Å². The van der Waals surface area contributed by atoms with E-state index >= 15 is 0 Å². The summed E-state index contributed by atoms with van der Waals surface area (Å²) in [5.74, 6) is 1.57. The maximum atomic E-state index is 12.5. The van der Waals surface area contributed by atoms with Gasteiger partial charge in [-0.15, -0.1) is 0 Å². The summed E-state index contributed by atoms with van der Waals surface area (Å²) in [6.07, 6.45) is 0.748. The Morgan fingerprint density at radius 3 is 1.85 bits per heavy atom. The normalized spacial score (nSPS) is 13.2. The van der Waals surface area contributed by atoms with Crippen LogP contribution in [0.3, 0.4) is 0 Å². The Labute approximate surface area is 302 Å². The molecule has 0 unspecified atom stereocenters. The zero-order valence-corrected chi connectivity index (χ0v) is 28.9. The van der Waals surface area contributed by atoms with Crippen LogP contribution in [0.1, 0.15) is 12.5 Å². The number of ether oxygens (including phenoxy) is 2. The first kappa shape index (κ1) is 35.2. The molecule has 2 heterocycles. The molecule has 1 N–H and O–H groups in total. The fraction of sp³-hybridized carbons (Fsp3) is 0.133. The van der Waals surface area contributed by atoms with Gasteiger partial charge in [-0.3, -0.25) is 4.39 Å². The Kier molecular flexibility index (Phi) is 12.1. The van der Waals surface area contributed by atoms with Crippen LogP contribution in [0, 0.1) is 0 Å². The zero-order valence-electron chi connectivity index (χ0n) is 23.8. The van der Waals surface area contributed by atoms with Gasteiger partial charge < -0.3 is 14.8 Å². The fourth-order valence-corrected chi connectivity index (χ4v) is 6.07. The van der Waals surface area contributed by atoms with Crippen LogP contribution in [-0.2, 0) is 12.8 Å². The second-order valence-electron chi connectivity index (χ2n) is 9.11. The minimum atomic E-state index is -4.38. The maximum absolute atomic E-state index is 12.5. The van der Waals surface area contributed by atoms with Crippen molar-refractivity contribution in [1.82, 2.24) is 0 Å². The van der Waals surface area contributed by atoms with Crippen molar-refractivity contribution in [2.75, 3.05) is 12.5 Å². The summed E-state index contributed by atoms with van der Waals surface area (Å²) < 4.78 is 64.3. The molecule has 0 amide bonds. The number of rotatable bonds is 4. The number of nitrogens with one attached hydrogen (secondary N) is 1. The smallest absolute Gasteiger partial charge is 0.447 e. The van der Waals surface area contributed by atoms with E-state index in [1.165, 1.54) is 6.07 Å². The molecule has 46 heavy (non-hydrogen) atoms. The van der Waals surface area contributed by atoms with Crippen LogP contribution < -0.4 is 14.8 Å². The topological polar surface area (TPSA) is 42.9 Å². The van der Waals surface area contributed by atoms with E-state index in [0.717, 1.165) is 16.2 Å². The van der Waals surface area contributed by atoms with Crippen molar-refractivity contribution >= 4 is 115 Å². The minimum absolute atomic E-state index is 0.0356. The van der Waals surface area contributed by atoms with Crippen molar-refractivity contribution in [2.24, 2.45) is 4.99 Å². The van der Waals surface area contributed by atoms with E-state index in [4.69, 9.17) is 92.7 Å². The molecule has 0 saturated carbocycles. The quantitative estimate of drug-likeness (QED) is 0.165. The predicted molar refractivity (Wildman–Crippen MR) is 187 cm³/mol. The predicted octanol–water partition coefficient (Wildman–Crippen LogP) is 13.6. The van der Waals surface area contributed by atoms with E-state index in [-0.39, 0.29) is 39.0 Å². The van der Waals surface area contributed by atoms with Crippen molar-refractivity contribution in [1.29, 1.82) is 0 Å². The van der Waals surface area contributed by atoms with Gasteiger partial charge in [0, 0.05) is 30.3 Å². The van der Waals surface area contributed by atoms with Gasteiger partial charge >= 0.3 is 5.51 Å². The molecule has 4 aromatic rings. The SMILES string of the molecule is FC(F)(F)SC1=Nc2cc(Cl)c(Oc3cccc(Cl)c3Cl)cc2C1.S=C1Cc2cc(Oc3cccc(Cl)c3Cl)c(Cl)cc2N1.[2H]CF. The number of thiocarbonyl (C=S) groups is 1. The Morgan fingerprint density at radius 1 is 0.783 bits per heavy atom. The average molecular weight is 792 g/mol. The monoisotopic (exact) mass is 789 g/mol. The van der Waals surface area contributed by atoms with Crippen LogP contribution in [0.25, 0.3) is 0 Å². The molecule has 6 rings (SSSR count). The average Bonchev–Trinajstić information content (AvgIpc) is 3.54. The number of fused-ring (bicyclic) bond motifs is 2. The number of thioether (sulfide) groups is 1. The lowest BCUT2D eigenvalue weighted by Gasteiger charge is -2.11. The first-order valence-corrected chi connectivity index (χ1v) is 16.0.